The van der Waals surface area contributed by atoms with Crippen LogP contribution in [0.5, 0.6) is 5.75 Å². The van der Waals surface area contributed by atoms with Gasteiger partial charge >= 0.3 is 6.36 Å². The third kappa shape index (κ3) is 5.47. The highest BCUT2D eigenvalue weighted by Gasteiger charge is 2.31. The van der Waals surface area contributed by atoms with Crippen LogP contribution in [0, 0.1) is 0 Å². The highest BCUT2D eigenvalue weighted by atomic mass is 19.4. The fraction of sp³-hybridized carbons (Fsp3) is 0.100. The molecule has 0 aliphatic heterocycles. The normalized spacial score (nSPS) is 11.1. The van der Waals surface area contributed by atoms with Crippen LogP contribution in [-0.4, -0.2) is 17.3 Å². The number of carbonyl (C=O) groups is 1. The Morgan fingerprint density at radius 2 is 1.75 bits per heavy atom. The van der Waals surface area contributed by atoms with E-state index < -0.39 is 12.3 Å². The summed E-state index contributed by atoms with van der Waals surface area (Å²) in [7, 11) is 0. The van der Waals surface area contributed by atoms with Crippen molar-refractivity contribution in [3.8, 4) is 16.9 Å². The van der Waals surface area contributed by atoms with Crippen LogP contribution in [0.3, 0.4) is 0 Å². The number of anilines is 2. The number of hydrogen-bond donors (Lipinski definition) is 2. The Hall–Kier alpha value is -3.55. The van der Waals surface area contributed by atoms with Crippen molar-refractivity contribution in [2.45, 2.75) is 12.8 Å². The molecule has 0 unspecified atom stereocenters. The lowest BCUT2D eigenvalue weighted by molar-refractivity contribution is -0.274. The zero-order valence-electron chi connectivity index (χ0n) is 14.5. The summed E-state index contributed by atoms with van der Waals surface area (Å²) in [5.41, 5.74) is 8.17. The monoisotopic (exact) mass is 387 g/mol. The second-order valence-corrected chi connectivity index (χ2v) is 5.97. The Bertz CT molecular complexity index is 956. The number of hydrogen-bond acceptors (Lipinski definition) is 4. The first-order valence-corrected chi connectivity index (χ1v) is 8.25. The number of benzene rings is 2. The van der Waals surface area contributed by atoms with Gasteiger partial charge in [0.1, 0.15) is 11.6 Å². The van der Waals surface area contributed by atoms with Gasteiger partial charge in [0.25, 0.3) is 0 Å². The second kappa shape index (κ2) is 7.99. The van der Waals surface area contributed by atoms with Gasteiger partial charge < -0.3 is 15.8 Å². The van der Waals surface area contributed by atoms with Crippen LogP contribution < -0.4 is 15.8 Å². The third-order valence-corrected chi connectivity index (χ3v) is 3.77. The lowest BCUT2D eigenvalue weighted by Crippen LogP contribution is -2.17. The van der Waals surface area contributed by atoms with Gasteiger partial charge in [-0.1, -0.05) is 30.3 Å². The van der Waals surface area contributed by atoms with E-state index in [1.807, 2.05) is 30.3 Å². The maximum absolute atomic E-state index is 12.3. The zero-order valence-corrected chi connectivity index (χ0v) is 14.5. The molecule has 5 nitrogen and oxygen atoms in total. The fourth-order valence-electron chi connectivity index (χ4n) is 2.57. The number of carbonyl (C=O) groups excluding carboxylic acids is 1. The van der Waals surface area contributed by atoms with Gasteiger partial charge in [0.05, 0.1) is 6.42 Å². The number of alkyl halides is 3. The predicted molar refractivity (Wildman–Crippen MR) is 99.0 cm³/mol. The van der Waals surface area contributed by atoms with Crippen LogP contribution in [0.25, 0.3) is 11.1 Å². The number of nitrogens with one attached hydrogen (secondary N) is 1. The summed E-state index contributed by atoms with van der Waals surface area (Å²) in [6, 6.07) is 16.4. The minimum atomic E-state index is -4.74. The molecule has 0 fully saturated rings. The zero-order chi connectivity index (χ0) is 20.1. The molecule has 3 N–H and O–H groups in total. The van der Waals surface area contributed by atoms with E-state index >= 15 is 0 Å². The van der Waals surface area contributed by atoms with Crippen LogP contribution in [0.2, 0.25) is 0 Å². The van der Waals surface area contributed by atoms with Crippen LogP contribution in [0.15, 0.2) is 66.9 Å². The molecule has 3 aromatic rings. The molecule has 0 saturated carbocycles. The topological polar surface area (TPSA) is 77.2 Å². The van der Waals surface area contributed by atoms with Gasteiger partial charge in [-0.3, -0.25) is 4.79 Å². The van der Waals surface area contributed by atoms with Gasteiger partial charge in [0.2, 0.25) is 5.91 Å². The summed E-state index contributed by atoms with van der Waals surface area (Å²) < 4.78 is 40.8. The number of aromatic nitrogens is 1. The van der Waals surface area contributed by atoms with Gasteiger partial charge in [0.15, 0.2) is 0 Å². The first-order chi connectivity index (χ1) is 13.3. The first kappa shape index (κ1) is 19.2. The average molecular weight is 387 g/mol. The summed E-state index contributed by atoms with van der Waals surface area (Å²) >= 11 is 0. The molecule has 0 spiro atoms. The lowest BCUT2D eigenvalue weighted by atomic mass is 10.0. The van der Waals surface area contributed by atoms with Crippen LogP contribution in [0.1, 0.15) is 5.56 Å². The second-order valence-electron chi connectivity index (χ2n) is 5.97. The standard InChI is InChI=1S/C20H16F3N3O2/c21-20(22,23)28-17-3-1-2-16(11-17)26-19-9-8-15(12-25-19)14-6-4-13(5-7-14)10-18(24)27/h1-9,11-12H,10H2,(H2,24,27)(H,25,26). The summed E-state index contributed by atoms with van der Waals surface area (Å²) in [5, 5.41) is 2.93. The van der Waals surface area contributed by atoms with Crippen molar-refractivity contribution in [3.05, 3.63) is 72.4 Å². The molecule has 0 bridgehead atoms. The largest absolute Gasteiger partial charge is 0.573 e. The average Bonchev–Trinajstić information content (AvgIpc) is 2.61. The number of nitrogens with zero attached hydrogens (tertiary/aromatic N) is 1. The summed E-state index contributed by atoms with van der Waals surface area (Å²) in [4.78, 5) is 15.2. The Labute approximate surface area is 159 Å². The Morgan fingerprint density at radius 1 is 1.04 bits per heavy atom. The molecular formula is C20H16F3N3O2. The molecule has 144 valence electrons. The number of rotatable bonds is 6. The Kier molecular flexibility index (Phi) is 5.49. The maximum atomic E-state index is 12.3. The van der Waals surface area contributed by atoms with Crippen molar-refractivity contribution in [2.75, 3.05) is 5.32 Å². The molecule has 1 amide bonds. The molecular weight excluding hydrogens is 371 g/mol. The smallest absolute Gasteiger partial charge is 0.406 e. The Balaban J connectivity index is 1.69. The minimum Gasteiger partial charge on any atom is -0.406 e. The number of pyridine rings is 1. The van der Waals surface area contributed by atoms with Crippen molar-refractivity contribution < 1.29 is 22.7 Å². The molecule has 1 aromatic heterocycles. The minimum absolute atomic E-state index is 0.179. The summed E-state index contributed by atoms with van der Waals surface area (Å²) in [6.45, 7) is 0. The highest BCUT2D eigenvalue weighted by Crippen LogP contribution is 2.27. The number of ether oxygens (including phenoxy) is 1. The van der Waals surface area contributed by atoms with Crippen LogP contribution in [-0.2, 0) is 11.2 Å². The maximum Gasteiger partial charge on any atom is 0.573 e. The molecule has 2 aromatic carbocycles. The van der Waals surface area contributed by atoms with Crippen molar-refractivity contribution in [1.29, 1.82) is 0 Å². The van der Waals surface area contributed by atoms with Gasteiger partial charge in [-0.15, -0.1) is 13.2 Å². The third-order valence-electron chi connectivity index (χ3n) is 3.77. The summed E-state index contributed by atoms with van der Waals surface area (Å²) in [6.07, 6.45) is -2.93. The van der Waals surface area contributed by atoms with Crippen molar-refractivity contribution >= 4 is 17.4 Å². The van der Waals surface area contributed by atoms with Crippen LogP contribution in [0.4, 0.5) is 24.7 Å². The molecule has 28 heavy (non-hydrogen) atoms. The molecule has 8 heteroatoms. The van der Waals surface area contributed by atoms with Crippen LogP contribution >= 0.6 is 0 Å². The number of nitrogens with two attached hydrogens (primary N) is 1. The van der Waals surface area contributed by atoms with E-state index in [-0.39, 0.29) is 12.2 Å². The molecule has 0 saturated heterocycles. The number of amides is 1. The van der Waals surface area contributed by atoms with E-state index in [1.54, 1.807) is 18.3 Å². The van der Waals surface area contributed by atoms with Crippen molar-refractivity contribution in [3.63, 3.8) is 0 Å². The quantitative estimate of drug-likeness (QED) is 0.657. The van der Waals surface area contributed by atoms with E-state index in [2.05, 4.69) is 15.0 Å². The van der Waals surface area contributed by atoms with E-state index in [9.17, 15) is 18.0 Å². The van der Waals surface area contributed by atoms with E-state index in [0.717, 1.165) is 16.7 Å². The highest BCUT2D eigenvalue weighted by molar-refractivity contribution is 5.77. The predicted octanol–water partition coefficient (Wildman–Crippen LogP) is 4.42. The van der Waals surface area contributed by atoms with Gasteiger partial charge in [-0.05, 0) is 35.4 Å². The first-order valence-electron chi connectivity index (χ1n) is 8.25. The van der Waals surface area contributed by atoms with Gasteiger partial charge in [0, 0.05) is 23.5 Å². The number of halogens is 3. The van der Waals surface area contributed by atoms with E-state index in [1.165, 1.54) is 18.2 Å². The molecule has 0 aliphatic carbocycles. The Morgan fingerprint density at radius 3 is 2.36 bits per heavy atom. The molecule has 0 radical (unpaired) electrons. The molecule has 0 atom stereocenters. The number of primary amides is 1. The van der Waals surface area contributed by atoms with Gasteiger partial charge in [-0.25, -0.2) is 4.98 Å². The molecule has 3 rings (SSSR count). The lowest BCUT2D eigenvalue weighted by Gasteiger charge is -2.11. The summed E-state index contributed by atoms with van der Waals surface area (Å²) in [5.74, 6) is -0.238. The van der Waals surface area contributed by atoms with E-state index in [4.69, 9.17) is 5.73 Å². The van der Waals surface area contributed by atoms with Crippen molar-refractivity contribution in [1.82, 2.24) is 4.98 Å². The van der Waals surface area contributed by atoms with Gasteiger partial charge in [-0.2, -0.15) is 0 Å². The molecule has 0 aliphatic rings. The SMILES string of the molecule is NC(=O)Cc1ccc(-c2ccc(Nc3cccc(OC(F)(F)F)c3)nc2)cc1. The van der Waals surface area contributed by atoms with Crippen molar-refractivity contribution in [2.24, 2.45) is 5.73 Å². The fourth-order valence-corrected chi connectivity index (χ4v) is 2.57. The molecule has 1 heterocycles. The van der Waals surface area contributed by atoms with E-state index in [0.29, 0.717) is 11.5 Å².